The first-order valence-corrected chi connectivity index (χ1v) is 9.72. The van der Waals surface area contributed by atoms with E-state index in [0.717, 1.165) is 42.1 Å². The monoisotopic (exact) mass is 376 g/mol. The molecule has 3 aromatic rings. The van der Waals surface area contributed by atoms with E-state index in [-0.39, 0.29) is 5.91 Å². The molecule has 28 heavy (non-hydrogen) atoms. The fourth-order valence-electron chi connectivity index (χ4n) is 3.37. The van der Waals surface area contributed by atoms with Crippen molar-refractivity contribution < 1.29 is 9.53 Å². The van der Waals surface area contributed by atoms with Gasteiger partial charge in [0.1, 0.15) is 11.6 Å². The third kappa shape index (κ3) is 4.39. The summed E-state index contributed by atoms with van der Waals surface area (Å²) in [6, 6.07) is 17.6. The summed E-state index contributed by atoms with van der Waals surface area (Å²) in [6.07, 6.45) is 3.06. The number of ether oxygens (including phenoxy) is 1. The van der Waals surface area contributed by atoms with Crippen molar-refractivity contribution in [2.24, 2.45) is 0 Å². The topological polar surface area (TPSA) is 58.6 Å². The number of piperazine rings is 1. The molecule has 144 valence electrons. The van der Waals surface area contributed by atoms with Gasteiger partial charge in [0.25, 0.3) is 0 Å². The summed E-state index contributed by atoms with van der Waals surface area (Å²) < 4.78 is 5.66. The Kier molecular flexibility index (Phi) is 5.66. The molecule has 0 saturated carbocycles. The van der Waals surface area contributed by atoms with Gasteiger partial charge in [-0.05, 0) is 30.7 Å². The van der Waals surface area contributed by atoms with Crippen LogP contribution in [-0.2, 0) is 4.79 Å². The Labute approximate surface area is 164 Å². The Morgan fingerprint density at radius 3 is 2.43 bits per heavy atom. The van der Waals surface area contributed by atoms with E-state index >= 15 is 0 Å². The number of benzene rings is 2. The van der Waals surface area contributed by atoms with Crippen LogP contribution in [0, 0.1) is 0 Å². The van der Waals surface area contributed by atoms with Crippen molar-refractivity contribution in [1.29, 1.82) is 0 Å². The second-order valence-corrected chi connectivity index (χ2v) is 6.85. The lowest BCUT2D eigenvalue weighted by molar-refractivity contribution is -0.131. The minimum Gasteiger partial charge on any atom is -0.494 e. The highest BCUT2D eigenvalue weighted by molar-refractivity contribution is 5.77. The number of aromatic nitrogens is 2. The van der Waals surface area contributed by atoms with Crippen LogP contribution >= 0.6 is 0 Å². The smallest absolute Gasteiger partial charge is 0.222 e. The lowest BCUT2D eigenvalue weighted by Gasteiger charge is -2.35. The second-order valence-electron chi connectivity index (χ2n) is 6.85. The summed E-state index contributed by atoms with van der Waals surface area (Å²) in [7, 11) is 0. The van der Waals surface area contributed by atoms with Crippen molar-refractivity contribution in [3.05, 3.63) is 60.8 Å². The number of carbonyl (C=O) groups excluding carboxylic acids is 1. The van der Waals surface area contributed by atoms with Gasteiger partial charge in [-0.15, -0.1) is 0 Å². The lowest BCUT2D eigenvalue weighted by Crippen LogP contribution is -2.49. The molecule has 4 rings (SSSR count). The molecule has 6 nitrogen and oxygen atoms in total. The zero-order chi connectivity index (χ0) is 19.2. The van der Waals surface area contributed by atoms with Gasteiger partial charge in [-0.3, -0.25) is 9.78 Å². The van der Waals surface area contributed by atoms with Gasteiger partial charge in [-0.1, -0.05) is 30.3 Å². The van der Waals surface area contributed by atoms with Crippen LogP contribution in [0.1, 0.15) is 12.8 Å². The van der Waals surface area contributed by atoms with Crippen LogP contribution < -0.4 is 9.64 Å². The molecule has 0 atom stereocenters. The first-order chi connectivity index (χ1) is 13.8. The van der Waals surface area contributed by atoms with E-state index in [1.807, 2.05) is 65.7 Å². The molecule has 0 spiro atoms. The van der Waals surface area contributed by atoms with Crippen molar-refractivity contribution >= 4 is 22.8 Å². The van der Waals surface area contributed by atoms with Gasteiger partial charge >= 0.3 is 0 Å². The van der Waals surface area contributed by atoms with Crippen molar-refractivity contribution in [3.63, 3.8) is 0 Å². The Balaban J connectivity index is 1.23. The normalized spacial score (nSPS) is 14.3. The van der Waals surface area contributed by atoms with E-state index in [9.17, 15) is 4.79 Å². The van der Waals surface area contributed by atoms with Crippen LogP contribution in [0.2, 0.25) is 0 Å². The maximum atomic E-state index is 12.5. The predicted octanol–water partition coefficient (Wildman–Crippen LogP) is 3.14. The van der Waals surface area contributed by atoms with E-state index in [4.69, 9.17) is 9.72 Å². The highest BCUT2D eigenvalue weighted by Gasteiger charge is 2.22. The van der Waals surface area contributed by atoms with E-state index in [2.05, 4.69) is 9.88 Å². The third-order valence-electron chi connectivity index (χ3n) is 4.94. The van der Waals surface area contributed by atoms with Crippen molar-refractivity contribution in [2.45, 2.75) is 12.8 Å². The summed E-state index contributed by atoms with van der Waals surface area (Å²) >= 11 is 0. The Hall–Kier alpha value is -3.15. The van der Waals surface area contributed by atoms with Crippen molar-refractivity contribution in [1.82, 2.24) is 14.9 Å². The summed E-state index contributed by atoms with van der Waals surface area (Å²) in [6.45, 7) is 3.54. The van der Waals surface area contributed by atoms with E-state index in [0.29, 0.717) is 26.1 Å². The van der Waals surface area contributed by atoms with Crippen molar-refractivity contribution in [2.75, 3.05) is 37.7 Å². The summed E-state index contributed by atoms with van der Waals surface area (Å²) in [5.74, 6) is 1.92. The minimum atomic E-state index is 0.195. The molecule has 1 aliphatic heterocycles. The fraction of sp³-hybridized carbons (Fsp3) is 0.318. The first-order valence-electron chi connectivity index (χ1n) is 9.72. The number of hydrogen-bond acceptors (Lipinski definition) is 5. The molecule has 2 aromatic carbocycles. The average molecular weight is 376 g/mol. The number of carbonyl (C=O) groups is 1. The molecule has 0 bridgehead atoms. The van der Waals surface area contributed by atoms with Crippen molar-refractivity contribution in [3.8, 4) is 5.75 Å². The molecule has 0 unspecified atom stereocenters. The summed E-state index contributed by atoms with van der Waals surface area (Å²) in [5, 5.41) is 0. The van der Waals surface area contributed by atoms with Gasteiger partial charge in [0.05, 0.1) is 23.8 Å². The number of hydrogen-bond donors (Lipinski definition) is 0. The lowest BCUT2D eigenvalue weighted by atomic mass is 10.2. The quantitative estimate of drug-likeness (QED) is 0.619. The summed E-state index contributed by atoms with van der Waals surface area (Å²) in [5.41, 5.74) is 1.80. The minimum absolute atomic E-state index is 0.195. The van der Waals surface area contributed by atoms with Crippen LogP contribution in [-0.4, -0.2) is 53.6 Å². The fourth-order valence-corrected chi connectivity index (χ4v) is 3.37. The van der Waals surface area contributed by atoms with Crippen LogP contribution in [0.4, 0.5) is 5.82 Å². The van der Waals surface area contributed by atoms with Gasteiger partial charge in [0.15, 0.2) is 0 Å². The number of rotatable bonds is 6. The maximum Gasteiger partial charge on any atom is 0.222 e. The zero-order valence-corrected chi connectivity index (χ0v) is 15.8. The summed E-state index contributed by atoms with van der Waals surface area (Å²) in [4.78, 5) is 25.8. The zero-order valence-electron chi connectivity index (χ0n) is 15.8. The number of para-hydroxylation sites is 3. The highest BCUT2D eigenvalue weighted by atomic mass is 16.5. The molecule has 1 aromatic heterocycles. The van der Waals surface area contributed by atoms with E-state index < -0.39 is 0 Å². The average Bonchev–Trinajstić information content (AvgIpc) is 2.77. The second kappa shape index (κ2) is 8.69. The van der Waals surface area contributed by atoms with Crippen LogP contribution in [0.15, 0.2) is 60.8 Å². The van der Waals surface area contributed by atoms with Gasteiger partial charge < -0.3 is 14.5 Å². The molecule has 0 aliphatic carbocycles. The largest absolute Gasteiger partial charge is 0.494 e. The third-order valence-corrected chi connectivity index (χ3v) is 4.94. The number of nitrogens with zero attached hydrogens (tertiary/aromatic N) is 4. The molecule has 0 N–H and O–H groups in total. The van der Waals surface area contributed by atoms with Crippen LogP contribution in [0.5, 0.6) is 5.75 Å². The van der Waals surface area contributed by atoms with Gasteiger partial charge in [-0.2, -0.15) is 0 Å². The maximum absolute atomic E-state index is 12.5. The van der Waals surface area contributed by atoms with Crippen LogP contribution in [0.25, 0.3) is 11.0 Å². The first kappa shape index (κ1) is 18.2. The standard InChI is InChI=1S/C22H24N4O2/c27-22(11-6-16-28-18-7-2-1-3-8-18)26-14-12-25(13-15-26)21-17-23-19-9-4-5-10-20(19)24-21/h1-5,7-10,17H,6,11-16H2. The molecule has 0 radical (unpaired) electrons. The van der Waals surface area contributed by atoms with E-state index in [1.165, 1.54) is 0 Å². The molecule has 2 heterocycles. The molecule has 1 saturated heterocycles. The Morgan fingerprint density at radius 2 is 1.64 bits per heavy atom. The van der Waals surface area contributed by atoms with E-state index in [1.54, 1.807) is 0 Å². The SMILES string of the molecule is O=C(CCCOc1ccccc1)N1CCN(c2cnc3ccccc3n2)CC1. The number of amides is 1. The van der Waals surface area contributed by atoms with Crippen LogP contribution in [0.3, 0.4) is 0 Å². The molecule has 1 fully saturated rings. The number of fused-ring (bicyclic) bond motifs is 1. The van der Waals surface area contributed by atoms with Gasteiger partial charge in [0.2, 0.25) is 5.91 Å². The predicted molar refractivity (Wildman–Crippen MR) is 110 cm³/mol. The molecular formula is C22H24N4O2. The molecule has 1 amide bonds. The molecule has 6 heteroatoms. The van der Waals surface area contributed by atoms with Gasteiger partial charge in [-0.25, -0.2) is 4.98 Å². The molecule has 1 aliphatic rings. The molecular weight excluding hydrogens is 352 g/mol. The number of anilines is 1. The Morgan fingerprint density at radius 1 is 0.929 bits per heavy atom. The Bertz CT molecular complexity index is 924. The van der Waals surface area contributed by atoms with Gasteiger partial charge in [0, 0.05) is 32.6 Å². The highest BCUT2D eigenvalue weighted by Crippen LogP contribution is 2.17.